The Balaban J connectivity index is 2.33. The zero-order valence-corrected chi connectivity index (χ0v) is 9.38. The minimum absolute atomic E-state index is 0.0778. The van der Waals surface area contributed by atoms with Crippen LogP contribution in [0.5, 0.6) is 0 Å². The van der Waals surface area contributed by atoms with Crippen LogP contribution < -0.4 is 5.32 Å². The number of nitro benzene ring substituents is 1. The maximum absolute atomic E-state index is 10.8. The lowest BCUT2D eigenvalue weighted by Crippen LogP contribution is -1.96. The van der Waals surface area contributed by atoms with Crippen LogP contribution in [0.1, 0.15) is 5.56 Å². The van der Waals surface area contributed by atoms with Crippen molar-refractivity contribution in [1.82, 2.24) is 0 Å². The summed E-state index contributed by atoms with van der Waals surface area (Å²) in [7, 11) is 0. The molecule has 0 spiro atoms. The van der Waals surface area contributed by atoms with Gasteiger partial charge in [0.1, 0.15) is 5.69 Å². The van der Waals surface area contributed by atoms with Gasteiger partial charge in [0.2, 0.25) is 0 Å². The van der Waals surface area contributed by atoms with Gasteiger partial charge in [-0.2, -0.15) is 0 Å². The fourth-order valence-corrected chi connectivity index (χ4v) is 1.62. The van der Waals surface area contributed by atoms with E-state index in [1.54, 1.807) is 18.2 Å². The molecule has 0 aromatic heterocycles. The van der Waals surface area contributed by atoms with Crippen LogP contribution in [0.2, 0.25) is 0 Å². The molecule has 0 aliphatic rings. The second-order valence-corrected chi connectivity index (χ2v) is 3.77. The van der Waals surface area contributed by atoms with E-state index in [4.69, 9.17) is 0 Å². The van der Waals surface area contributed by atoms with Gasteiger partial charge in [0, 0.05) is 11.8 Å². The minimum atomic E-state index is -0.391. The molecule has 4 heteroatoms. The molecule has 1 N–H and O–H groups in total. The molecule has 0 bridgehead atoms. The van der Waals surface area contributed by atoms with E-state index < -0.39 is 4.92 Å². The molecule has 0 unspecified atom stereocenters. The molecular weight excluding hydrogens is 216 g/mol. The Hall–Kier alpha value is -2.36. The maximum Gasteiger partial charge on any atom is 0.292 e. The lowest BCUT2D eigenvalue weighted by molar-refractivity contribution is -0.383. The molecule has 0 radical (unpaired) electrons. The summed E-state index contributed by atoms with van der Waals surface area (Å²) in [6, 6.07) is 14.3. The number of nitro groups is 1. The average molecular weight is 228 g/mol. The van der Waals surface area contributed by atoms with Crippen LogP contribution in [0, 0.1) is 17.0 Å². The summed E-state index contributed by atoms with van der Waals surface area (Å²) in [6.07, 6.45) is 0. The van der Waals surface area contributed by atoms with Crippen LogP contribution in [0.25, 0.3) is 0 Å². The molecule has 2 aromatic carbocycles. The van der Waals surface area contributed by atoms with E-state index >= 15 is 0 Å². The third-order valence-corrected chi connectivity index (χ3v) is 2.40. The predicted octanol–water partition coefficient (Wildman–Crippen LogP) is 3.65. The Kier molecular flexibility index (Phi) is 3.05. The maximum atomic E-state index is 10.8. The summed E-state index contributed by atoms with van der Waals surface area (Å²) in [6.45, 7) is 1.98. The topological polar surface area (TPSA) is 55.2 Å². The largest absolute Gasteiger partial charge is 0.350 e. The second kappa shape index (κ2) is 4.65. The van der Waals surface area contributed by atoms with E-state index in [0.29, 0.717) is 5.69 Å². The summed E-state index contributed by atoms with van der Waals surface area (Å²) < 4.78 is 0. The number of aryl methyl sites for hydroxylation is 1. The first-order chi connectivity index (χ1) is 8.16. The molecule has 0 atom stereocenters. The van der Waals surface area contributed by atoms with E-state index in [1.807, 2.05) is 31.2 Å². The summed E-state index contributed by atoms with van der Waals surface area (Å²) in [5, 5.41) is 13.9. The molecule has 4 nitrogen and oxygen atoms in total. The van der Waals surface area contributed by atoms with Crippen molar-refractivity contribution in [3.8, 4) is 0 Å². The molecule has 0 saturated heterocycles. The summed E-state index contributed by atoms with van der Waals surface area (Å²) in [4.78, 5) is 10.5. The first-order valence-electron chi connectivity index (χ1n) is 5.24. The van der Waals surface area contributed by atoms with Crippen molar-refractivity contribution >= 4 is 17.1 Å². The van der Waals surface area contributed by atoms with Crippen molar-refractivity contribution in [3.05, 3.63) is 64.2 Å². The molecule has 0 amide bonds. The summed E-state index contributed by atoms with van der Waals surface area (Å²) >= 11 is 0. The van der Waals surface area contributed by atoms with Crippen molar-refractivity contribution in [2.75, 3.05) is 5.32 Å². The highest BCUT2D eigenvalue weighted by atomic mass is 16.6. The first-order valence-corrected chi connectivity index (χ1v) is 5.24. The molecular formula is C13H12N2O2. The molecule has 17 heavy (non-hydrogen) atoms. The van der Waals surface area contributed by atoms with Crippen LogP contribution in [0.4, 0.5) is 17.1 Å². The van der Waals surface area contributed by atoms with Gasteiger partial charge < -0.3 is 5.32 Å². The van der Waals surface area contributed by atoms with Crippen molar-refractivity contribution in [3.63, 3.8) is 0 Å². The molecule has 0 aliphatic heterocycles. The van der Waals surface area contributed by atoms with Gasteiger partial charge in [-0.1, -0.05) is 24.3 Å². The van der Waals surface area contributed by atoms with Crippen LogP contribution in [-0.4, -0.2) is 4.92 Å². The lowest BCUT2D eigenvalue weighted by atomic mass is 10.2. The Morgan fingerprint density at radius 1 is 1.12 bits per heavy atom. The van der Waals surface area contributed by atoms with Gasteiger partial charge in [-0.25, -0.2) is 0 Å². The predicted molar refractivity (Wildman–Crippen MR) is 67.6 cm³/mol. The van der Waals surface area contributed by atoms with Gasteiger partial charge in [0.15, 0.2) is 0 Å². The van der Waals surface area contributed by atoms with E-state index in [2.05, 4.69) is 5.32 Å². The van der Waals surface area contributed by atoms with E-state index in [1.165, 1.54) is 6.07 Å². The highest BCUT2D eigenvalue weighted by Gasteiger charge is 2.11. The normalized spacial score (nSPS) is 9.94. The molecule has 2 rings (SSSR count). The number of hydrogen-bond donors (Lipinski definition) is 1. The van der Waals surface area contributed by atoms with Gasteiger partial charge in [-0.15, -0.1) is 0 Å². The highest BCUT2D eigenvalue weighted by molar-refractivity contribution is 5.69. The molecule has 0 aliphatic carbocycles. The average Bonchev–Trinajstić information content (AvgIpc) is 2.29. The van der Waals surface area contributed by atoms with Crippen molar-refractivity contribution < 1.29 is 4.92 Å². The number of nitrogens with one attached hydrogen (secondary N) is 1. The van der Waals surface area contributed by atoms with Crippen LogP contribution in [0.15, 0.2) is 48.5 Å². The smallest absolute Gasteiger partial charge is 0.292 e. The molecule has 2 aromatic rings. The second-order valence-electron chi connectivity index (χ2n) is 3.77. The molecule has 0 fully saturated rings. The fourth-order valence-electron chi connectivity index (χ4n) is 1.62. The molecule has 0 heterocycles. The van der Waals surface area contributed by atoms with Crippen LogP contribution in [0.3, 0.4) is 0 Å². The fraction of sp³-hybridized carbons (Fsp3) is 0.0769. The van der Waals surface area contributed by atoms with Gasteiger partial charge in [0.05, 0.1) is 4.92 Å². The number of nitrogens with zero attached hydrogens (tertiary/aromatic N) is 1. The van der Waals surface area contributed by atoms with Gasteiger partial charge in [-0.05, 0) is 30.7 Å². The zero-order chi connectivity index (χ0) is 12.3. The zero-order valence-electron chi connectivity index (χ0n) is 9.38. The van der Waals surface area contributed by atoms with E-state index in [0.717, 1.165) is 11.3 Å². The third kappa shape index (κ3) is 2.60. The molecule has 86 valence electrons. The van der Waals surface area contributed by atoms with Gasteiger partial charge in [-0.3, -0.25) is 10.1 Å². The van der Waals surface area contributed by atoms with Crippen molar-refractivity contribution in [1.29, 1.82) is 0 Å². The van der Waals surface area contributed by atoms with E-state index in [9.17, 15) is 10.1 Å². The number of anilines is 2. The van der Waals surface area contributed by atoms with Gasteiger partial charge in [0.25, 0.3) is 5.69 Å². The molecule has 0 saturated carbocycles. The Morgan fingerprint density at radius 2 is 1.88 bits per heavy atom. The van der Waals surface area contributed by atoms with Crippen molar-refractivity contribution in [2.24, 2.45) is 0 Å². The van der Waals surface area contributed by atoms with Crippen LogP contribution in [-0.2, 0) is 0 Å². The first kappa shape index (κ1) is 11.1. The highest BCUT2D eigenvalue weighted by Crippen LogP contribution is 2.27. The number of rotatable bonds is 3. The Labute approximate surface area is 99.1 Å². The van der Waals surface area contributed by atoms with Crippen molar-refractivity contribution in [2.45, 2.75) is 6.92 Å². The standard InChI is InChI=1S/C13H12N2O2/c1-10-5-4-6-11(9-10)14-12-7-2-3-8-13(12)15(16)17/h2-9,14H,1H3. The lowest BCUT2D eigenvalue weighted by Gasteiger charge is -2.07. The minimum Gasteiger partial charge on any atom is -0.350 e. The van der Waals surface area contributed by atoms with Gasteiger partial charge >= 0.3 is 0 Å². The number of para-hydroxylation sites is 2. The SMILES string of the molecule is Cc1cccc(Nc2ccccc2[N+](=O)[O-])c1. The number of hydrogen-bond acceptors (Lipinski definition) is 3. The third-order valence-electron chi connectivity index (χ3n) is 2.40. The quantitative estimate of drug-likeness (QED) is 0.644. The summed E-state index contributed by atoms with van der Waals surface area (Å²) in [5.41, 5.74) is 2.53. The number of benzene rings is 2. The van der Waals surface area contributed by atoms with E-state index in [-0.39, 0.29) is 5.69 Å². The monoisotopic (exact) mass is 228 g/mol. The Bertz CT molecular complexity index is 553. The summed E-state index contributed by atoms with van der Waals surface area (Å²) in [5.74, 6) is 0. The van der Waals surface area contributed by atoms with Crippen LogP contribution >= 0.6 is 0 Å². The Morgan fingerprint density at radius 3 is 2.59 bits per heavy atom.